The number of phenolic OH excluding ortho intramolecular Hbond substituents is 1. The molecule has 1 aromatic heterocycles. The number of nitrogens with one attached hydrogen (secondary N) is 1. The fourth-order valence-corrected chi connectivity index (χ4v) is 3.29. The van der Waals surface area contributed by atoms with Crippen molar-refractivity contribution in [3.63, 3.8) is 0 Å². The van der Waals surface area contributed by atoms with Crippen LogP contribution in [-0.4, -0.2) is 19.2 Å². The third-order valence-corrected chi connectivity index (χ3v) is 4.64. The van der Waals surface area contributed by atoms with Crippen LogP contribution in [0.3, 0.4) is 0 Å². The summed E-state index contributed by atoms with van der Waals surface area (Å²) in [4.78, 5) is 13.7. The van der Waals surface area contributed by atoms with Crippen molar-refractivity contribution in [2.45, 2.75) is 19.9 Å². The van der Waals surface area contributed by atoms with Crippen molar-refractivity contribution < 1.29 is 14.4 Å². The Morgan fingerprint density at radius 3 is 2.48 bits per heavy atom. The molecule has 0 radical (unpaired) electrons. The van der Waals surface area contributed by atoms with E-state index in [0.717, 1.165) is 21.4 Å². The highest BCUT2D eigenvalue weighted by Gasteiger charge is 2.20. The highest BCUT2D eigenvalue weighted by atomic mass is 35.5. The Balaban J connectivity index is 2.23. The molecule has 3 rings (SSSR count). The molecule has 2 N–H and O–H groups in total. The van der Waals surface area contributed by atoms with E-state index in [1.807, 2.05) is 51.4 Å². The van der Waals surface area contributed by atoms with Gasteiger partial charge in [0.15, 0.2) is 5.58 Å². The van der Waals surface area contributed by atoms with Gasteiger partial charge in [-0.05, 0) is 24.1 Å². The number of rotatable bonds is 4. The minimum absolute atomic E-state index is 0.0197. The number of aryl methyl sites for hydroxylation is 1. The van der Waals surface area contributed by atoms with Gasteiger partial charge in [-0.25, -0.2) is 4.79 Å². The predicted octanol–water partition coefficient (Wildman–Crippen LogP) is 2.70. The zero-order valence-corrected chi connectivity index (χ0v) is 15.3. The van der Waals surface area contributed by atoms with Crippen LogP contribution in [0.15, 0.2) is 45.6 Å². The van der Waals surface area contributed by atoms with Crippen LogP contribution in [0.1, 0.15) is 22.3 Å². The summed E-state index contributed by atoms with van der Waals surface area (Å²) in [7, 11) is 3.92. The largest absolute Gasteiger partial charge is 0.506 e. The molecule has 4 nitrogen and oxygen atoms in total. The summed E-state index contributed by atoms with van der Waals surface area (Å²) in [5.41, 5.74) is 3.11. The lowest BCUT2D eigenvalue weighted by Gasteiger charge is -2.14. The molecule has 0 saturated carbocycles. The molecule has 0 aliphatic rings. The van der Waals surface area contributed by atoms with E-state index in [2.05, 4.69) is 0 Å². The minimum atomic E-state index is -0.370. The summed E-state index contributed by atoms with van der Waals surface area (Å²) in [5.74, 6) is -0.0197. The second kappa shape index (κ2) is 6.90. The monoisotopic (exact) mass is 358 g/mol. The van der Waals surface area contributed by atoms with Crippen LogP contribution >= 0.6 is 11.6 Å². The molecular formula is C20H21ClNO3+. The molecule has 0 aliphatic heterocycles. The summed E-state index contributed by atoms with van der Waals surface area (Å²) in [6, 6.07) is 11.5. The van der Waals surface area contributed by atoms with Gasteiger partial charge in [-0.15, -0.1) is 0 Å². The van der Waals surface area contributed by atoms with Crippen LogP contribution in [0, 0.1) is 6.92 Å². The second-order valence-electron chi connectivity index (χ2n) is 6.60. The standard InChI is InChI=1S/C20H20ClNO3/c1-12-14-10-17(21)18(23)16(11-22(2)3)19(14)25-20(24)15(12)9-13-7-5-4-6-8-13/h4-8,10,23H,9,11H2,1-3H3/p+1. The second-order valence-corrected chi connectivity index (χ2v) is 7.01. The van der Waals surface area contributed by atoms with Crippen molar-refractivity contribution in [3.05, 3.63) is 74.1 Å². The van der Waals surface area contributed by atoms with Gasteiger partial charge in [-0.3, -0.25) is 0 Å². The van der Waals surface area contributed by atoms with Gasteiger partial charge in [0.25, 0.3) is 0 Å². The molecule has 2 aromatic carbocycles. The molecule has 0 fully saturated rings. The number of fused-ring (bicyclic) bond motifs is 1. The lowest BCUT2D eigenvalue weighted by molar-refractivity contribution is -0.872. The third-order valence-electron chi connectivity index (χ3n) is 4.35. The highest BCUT2D eigenvalue weighted by molar-refractivity contribution is 6.33. The minimum Gasteiger partial charge on any atom is -0.506 e. The van der Waals surface area contributed by atoms with E-state index in [1.165, 1.54) is 0 Å². The van der Waals surface area contributed by atoms with Crippen molar-refractivity contribution in [1.29, 1.82) is 0 Å². The van der Waals surface area contributed by atoms with Gasteiger partial charge in [0.05, 0.1) is 24.7 Å². The molecule has 0 atom stereocenters. The van der Waals surface area contributed by atoms with E-state index >= 15 is 0 Å². The quantitative estimate of drug-likeness (QED) is 0.705. The number of aromatic hydroxyl groups is 1. The van der Waals surface area contributed by atoms with Gasteiger partial charge >= 0.3 is 5.63 Å². The molecule has 3 aromatic rings. The van der Waals surface area contributed by atoms with Crippen LogP contribution in [0.4, 0.5) is 0 Å². The Morgan fingerprint density at radius 1 is 1.16 bits per heavy atom. The summed E-state index contributed by atoms with van der Waals surface area (Å²) in [5, 5.41) is 11.4. The molecule has 0 aliphatic carbocycles. The SMILES string of the molecule is Cc1c(Cc2ccccc2)c(=O)oc2c(C[NH+](C)C)c(O)c(Cl)cc12. The van der Waals surface area contributed by atoms with E-state index in [9.17, 15) is 9.90 Å². The fraction of sp³-hybridized carbons (Fsp3) is 0.250. The first-order chi connectivity index (χ1) is 11.9. The fourth-order valence-electron chi connectivity index (χ4n) is 3.06. The Bertz CT molecular complexity index is 978. The third kappa shape index (κ3) is 3.41. The number of phenols is 1. The number of quaternary nitrogens is 1. The molecule has 0 saturated heterocycles. The van der Waals surface area contributed by atoms with Crippen LogP contribution in [0.2, 0.25) is 5.02 Å². The molecule has 5 heteroatoms. The summed E-state index contributed by atoms with van der Waals surface area (Å²) in [6.45, 7) is 2.40. The number of hydrogen-bond donors (Lipinski definition) is 2. The molecule has 25 heavy (non-hydrogen) atoms. The molecule has 0 bridgehead atoms. The van der Waals surface area contributed by atoms with Gasteiger partial charge in [0, 0.05) is 17.4 Å². The van der Waals surface area contributed by atoms with E-state index in [4.69, 9.17) is 16.0 Å². The molecule has 1 heterocycles. The Labute approximate surface area is 151 Å². The maximum absolute atomic E-state index is 12.6. The van der Waals surface area contributed by atoms with Crippen LogP contribution in [0.25, 0.3) is 11.0 Å². The Kier molecular flexibility index (Phi) is 4.84. The van der Waals surface area contributed by atoms with E-state index < -0.39 is 0 Å². The molecule has 0 unspecified atom stereocenters. The Hall–Kier alpha value is -2.30. The van der Waals surface area contributed by atoms with Crippen LogP contribution in [-0.2, 0) is 13.0 Å². The lowest BCUT2D eigenvalue weighted by atomic mass is 9.98. The average molecular weight is 359 g/mol. The summed E-state index contributed by atoms with van der Waals surface area (Å²) >= 11 is 6.22. The summed E-state index contributed by atoms with van der Waals surface area (Å²) < 4.78 is 5.63. The summed E-state index contributed by atoms with van der Waals surface area (Å²) in [6.07, 6.45) is 0.498. The van der Waals surface area contributed by atoms with Gasteiger partial charge in [0.2, 0.25) is 0 Å². The molecule has 0 amide bonds. The first-order valence-corrected chi connectivity index (χ1v) is 8.56. The van der Waals surface area contributed by atoms with Crippen LogP contribution in [0.5, 0.6) is 5.75 Å². The number of halogens is 1. The van der Waals surface area contributed by atoms with E-state index in [0.29, 0.717) is 29.7 Å². The number of hydrogen-bond acceptors (Lipinski definition) is 3. The van der Waals surface area contributed by atoms with E-state index in [-0.39, 0.29) is 16.4 Å². The maximum Gasteiger partial charge on any atom is 0.340 e. The van der Waals surface area contributed by atoms with Crippen molar-refractivity contribution >= 4 is 22.6 Å². The first kappa shape index (κ1) is 17.5. The van der Waals surface area contributed by atoms with Gasteiger partial charge in [-0.1, -0.05) is 41.9 Å². The maximum atomic E-state index is 12.6. The topological polar surface area (TPSA) is 54.9 Å². The van der Waals surface area contributed by atoms with Gasteiger partial charge < -0.3 is 14.4 Å². The van der Waals surface area contributed by atoms with Gasteiger partial charge in [0.1, 0.15) is 12.3 Å². The van der Waals surface area contributed by atoms with Crippen molar-refractivity contribution in [2.24, 2.45) is 0 Å². The number of benzene rings is 2. The normalized spacial score (nSPS) is 11.4. The Morgan fingerprint density at radius 2 is 1.84 bits per heavy atom. The highest BCUT2D eigenvalue weighted by Crippen LogP contribution is 2.35. The lowest BCUT2D eigenvalue weighted by Crippen LogP contribution is -3.04. The smallest absolute Gasteiger partial charge is 0.340 e. The average Bonchev–Trinajstić information content (AvgIpc) is 2.58. The van der Waals surface area contributed by atoms with Gasteiger partial charge in [-0.2, -0.15) is 0 Å². The van der Waals surface area contributed by atoms with Crippen molar-refractivity contribution in [3.8, 4) is 5.75 Å². The predicted molar refractivity (Wildman–Crippen MR) is 99.7 cm³/mol. The zero-order valence-electron chi connectivity index (χ0n) is 14.5. The molecule has 0 spiro atoms. The van der Waals surface area contributed by atoms with Crippen molar-refractivity contribution in [2.75, 3.05) is 14.1 Å². The first-order valence-electron chi connectivity index (χ1n) is 8.18. The molecular weight excluding hydrogens is 338 g/mol. The van der Waals surface area contributed by atoms with Crippen LogP contribution < -0.4 is 10.5 Å². The van der Waals surface area contributed by atoms with E-state index in [1.54, 1.807) is 6.07 Å². The zero-order chi connectivity index (χ0) is 18.1. The van der Waals surface area contributed by atoms with Crippen molar-refractivity contribution in [1.82, 2.24) is 0 Å². The molecule has 130 valence electrons.